The topological polar surface area (TPSA) is 86.6 Å². The van der Waals surface area contributed by atoms with Gasteiger partial charge in [0.25, 0.3) is 0 Å². The molecule has 0 aliphatic heterocycles. The van der Waals surface area contributed by atoms with Gasteiger partial charge in [-0.05, 0) is 41.7 Å². The van der Waals surface area contributed by atoms with Crippen molar-refractivity contribution in [1.82, 2.24) is 5.32 Å². The van der Waals surface area contributed by atoms with Crippen molar-refractivity contribution in [1.29, 1.82) is 0 Å². The molecule has 1 aliphatic rings. The monoisotopic (exact) mass is 425 g/mol. The number of hydrogen-bond acceptors (Lipinski definition) is 3. The summed E-state index contributed by atoms with van der Waals surface area (Å²) in [5.74, 6) is -1.13. The third-order valence-corrected chi connectivity index (χ3v) is 5.39. The molecule has 0 saturated heterocycles. The summed E-state index contributed by atoms with van der Waals surface area (Å²) in [7, 11) is 0. The highest BCUT2D eigenvalue weighted by atomic mass is 16.4. The van der Waals surface area contributed by atoms with Crippen LogP contribution in [0, 0.1) is 0 Å². The Morgan fingerprint density at radius 2 is 1.48 bits per heavy atom. The first-order chi connectivity index (χ1) is 15.0. The number of carboxylic acids is 1. The van der Waals surface area contributed by atoms with Crippen LogP contribution in [-0.2, 0) is 22.4 Å². The maximum atomic E-state index is 11.9. The van der Waals surface area contributed by atoms with Crippen molar-refractivity contribution in [3.8, 4) is 5.75 Å². The highest BCUT2D eigenvalue weighted by molar-refractivity contribution is 5.83. The van der Waals surface area contributed by atoms with E-state index in [1.807, 2.05) is 0 Å². The first kappa shape index (κ1) is 24.4. The van der Waals surface area contributed by atoms with E-state index in [1.165, 1.54) is 55.4 Å². The van der Waals surface area contributed by atoms with Crippen molar-refractivity contribution in [2.45, 2.75) is 77.2 Å². The van der Waals surface area contributed by atoms with Crippen molar-refractivity contribution in [3.05, 3.63) is 65.2 Å². The predicted molar refractivity (Wildman–Crippen MR) is 123 cm³/mol. The molecule has 0 saturated carbocycles. The molecule has 0 fully saturated rings. The van der Waals surface area contributed by atoms with E-state index in [2.05, 4.69) is 36.5 Å². The van der Waals surface area contributed by atoms with E-state index in [1.54, 1.807) is 12.1 Å². The fourth-order valence-electron chi connectivity index (χ4n) is 3.41. The molecule has 31 heavy (non-hydrogen) atoms. The molecule has 5 heteroatoms. The fourth-order valence-corrected chi connectivity index (χ4v) is 3.41. The number of benzene rings is 2. The number of aromatic hydroxyl groups is 1. The van der Waals surface area contributed by atoms with Crippen molar-refractivity contribution in [3.63, 3.8) is 0 Å². The Morgan fingerprint density at radius 3 is 2.03 bits per heavy atom. The molecule has 2 aromatic carbocycles. The standard InChI is InChI=1S/C19H29NO4.C7H6/c1-2-3-4-5-6-7-8-9-18(22)20-17(19(23)24)14-15-10-12-16(21)13-11-15;1-2-4-7-5-6(7)3-1/h10-13,17,21H,2-9,14H2,1H3,(H,20,22)(H,23,24);1-4H,5H2/t17-;/m0./s1. The molecule has 0 aromatic heterocycles. The summed E-state index contributed by atoms with van der Waals surface area (Å²) in [6.45, 7) is 2.18. The summed E-state index contributed by atoms with van der Waals surface area (Å²) in [4.78, 5) is 23.2. The minimum absolute atomic E-state index is 0.133. The SMILES string of the molecule is CCCCCCCCCC(=O)N[C@@H](Cc1ccc(O)cc1)C(=O)O.c1ccc2c(c1)C2. The van der Waals surface area contributed by atoms with E-state index in [9.17, 15) is 19.8 Å². The number of nitrogens with one attached hydrogen (secondary N) is 1. The lowest BCUT2D eigenvalue weighted by atomic mass is 10.0. The zero-order chi connectivity index (χ0) is 22.5. The number of carbonyl (C=O) groups is 2. The zero-order valence-electron chi connectivity index (χ0n) is 18.5. The number of hydrogen-bond donors (Lipinski definition) is 3. The number of phenols is 1. The second kappa shape index (κ2) is 13.5. The highest BCUT2D eigenvalue weighted by Gasteiger charge is 2.20. The van der Waals surface area contributed by atoms with Crippen LogP contribution in [0.3, 0.4) is 0 Å². The van der Waals surface area contributed by atoms with Crippen molar-refractivity contribution < 1.29 is 19.8 Å². The lowest BCUT2D eigenvalue weighted by Gasteiger charge is -2.14. The van der Waals surface area contributed by atoms with E-state index in [0.29, 0.717) is 6.42 Å². The molecule has 0 unspecified atom stereocenters. The number of aliphatic carboxylic acids is 1. The van der Waals surface area contributed by atoms with Crippen molar-refractivity contribution in [2.24, 2.45) is 0 Å². The summed E-state index contributed by atoms with van der Waals surface area (Å²) in [6, 6.07) is 13.9. The fraction of sp³-hybridized carbons (Fsp3) is 0.462. The number of amides is 1. The molecule has 0 heterocycles. The van der Waals surface area contributed by atoms with Gasteiger partial charge in [0.1, 0.15) is 11.8 Å². The Balaban J connectivity index is 0.000000401. The van der Waals surface area contributed by atoms with Gasteiger partial charge in [-0.3, -0.25) is 4.79 Å². The minimum atomic E-state index is -1.05. The quantitative estimate of drug-likeness (QED) is 0.347. The Morgan fingerprint density at radius 1 is 0.903 bits per heavy atom. The van der Waals surface area contributed by atoms with Crippen LogP contribution in [0.2, 0.25) is 0 Å². The maximum Gasteiger partial charge on any atom is 0.326 e. The number of fused-ring (bicyclic) bond motifs is 1. The summed E-state index contributed by atoms with van der Waals surface area (Å²) >= 11 is 0. The smallest absolute Gasteiger partial charge is 0.326 e. The third kappa shape index (κ3) is 10.2. The molecule has 1 atom stereocenters. The van der Waals surface area contributed by atoms with Gasteiger partial charge in [-0.1, -0.05) is 81.8 Å². The highest BCUT2D eigenvalue weighted by Crippen LogP contribution is 2.25. The lowest BCUT2D eigenvalue weighted by Crippen LogP contribution is -2.42. The van der Waals surface area contributed by atoms with Gasteiger partial charge >= 0.3 is 5.97 Å². The van der Waals surface area contributed by atoms with Gasteiger partial charge in [0.2, 0.25) is 5.91 Å². The molecule has 0 spiro atoms. The van der Waals surface area contributed by atoms with Crippen molar-refractivity contribution in [2.75, 3.05) is 0 Å². The van der Waals surface area contributed by atoms with Gasteiger partial charge in [0, 0.05) is 12.8 Å². The largest absolute Gasteiger partial charge is 0.508 e. The Hall–Kier alpha value is -2.82. The van der Waals surface area contributed by atoms with Gasteiger partial charge in [-0.25, -0.2) is 4.79 Å². The van der Waals surface area contributed by atoms with Crippen molar-refractivity contribution >= 4 is 11.9 Å². The molecule has 3 rings (SSSR count). The normalized spacial score (nSPS) is 12.2. The predicted octanol–water partition coefficient (Wildman–Crippen LogP) is 5.24. The number of carbonyl (C=O) groups excluding carboxylic acids is 1. The molecule has 1 amide bonds. The summed E-state index contributed by atoms with van der Waals surface area (Å²) in [6.07, 6.45) is 9.68. The first-order valence-electron chi connectivity index (χ1n) is 11.4. The van der Waals surface area contributed by atoms with Crippen LogP contribution in [0.4, 0.5) is 0 Å². The first-order valence-corrected chi connectivity index (χ1v) is 11.4. The van der Waals surface area contributed by atoms with E-state index in [4.69, 9.17) is 0 Å². The second-order valence-corrected chi connectivity index (χ2v) is 8.15. The number of rotatable bonds is 12. The Labute approximate surface area is 185 Å². The van der Waals surface area contributed by atoms with E-state index in [-0.39, 0.29) is 18.1 Å². The van der Waals surface area contributed by atoms with Gasteiger partial charge in [0.15, 0.2) is 0 Å². The molecule has 2 aromatic rings. The van der Waals surface area contributed by atoms with Crippen LogP contribution < -0.4 is 5.32 Å². The van der Waals surface area contributed by atoms with Crippen LogP contribution in [0.1, 0.15) is 75.0 Å². The van der Waals surface area contributed by atoms with Crippen LogP contribution in [0.15, 0.2) is 48.5 Å². The molecule has 0 radical (unpaired) electrons. The Kier molecular flexibility index (Phi) is 10.6. The van der Waals surface area contributed by atoms with Crippen LogP contribution >= 0.6 is 0 Å². The number of phenolic OH excluding ortho intramolecular Hbond substituents is 1. The lowest BCUT2D eigenvalue weighted by molar-refractivity contribution is -0.141. The van der Waals surface area contributed by atoms with Gasteiger partial charge in [0.05, 0.1) is 0 Å². The third-order valence-electron chi connectivity index (χ3n) is 5.39. The molecule has 1 aliphatic carbocycles. The van der Waals surface area contributed by atoms with Gasteiger partial charge in [-0.15, -0.1) is 0 Å². The van der Waals surface area contributed by atoms with E-state index in [0.717, 1.165) is 24.8 Å². The van der Waals surface area contributed by atoms with Crippen LogP contribution in [-0.4, -0.2) is 28.1 Å². The number of unbranched alkanes of at least 4 members (excludes halogenated alkanes) is 6. The molecular weight excluding hydrogens is 390 g/mol. The molecule has 3 N–H and O–H groups in total. The van der Waals surface area contributed by atoms with Crippen LogP contribution in [0.5, 0.6) is 5.75 Å². The Bertz CT molecular complexity index is 795. The summed E-state index contributed by atoms with van der Waals surface area (Å²) in [5.41, 5.74) is 3.82. The number of carboxylic acid groups (broad SMARTS) is 1. The summed E-state index contributed by atoms with van der Waals surface area (Å²) < 4.78 is 0. The van der Waals surface area contributed by atoms with Gasteiger partial charge in [-0.2, -0.15) is 0 Å². The molecule has 168 valence electrons. The van der Waals surface area contributed by atoms with E-state index < -0.39 is 12.0 Å². The molecule has 0 bridgehead atoms. The van der Waals surface area contributed by atoms with Gasteiger partial charge < -0.3 is 15.5 Å². The summed E-state index contributed by atoms with van der Waals surface area (Å²) in [5, 5.41) is 21.1. The second-order valence-electron chi connectivity index (χ2n) is 8.15. The molecule has 5 nitrogen and oxygen atoms in total. The minimum Gasteiger partial charge on any atom is -0.508 e. The average molecular weight is 426 g/mol. The molecular formula is C26H35NO4. The maximum absolute atomic E-state index is 11.9. The van der Waals surface area contributed by atoms with E-state index >= 15 is 0 Å². The average Bonchev–Trinajstić information content (AvgIpc) is 3.54. The van der Waals surface area contributed by atoms with Crippen LogP contribution in [0.25, 0.3) is 0 Å². The zero-order valence-corrected chi connectivity index (χ0v) is 18.5.